The van der Waals surface area contributed by atoms with E-state index in [-0.39, 0.29) is 11.7 Å². The fraction of sp³-hybridized carbons (Fsp3) is 0.571. The van der Waals surface area contributed by atoms with E-state index in [0.29, 0.717) is 11.3 Å². The first-order valence-corrected chi connectivity index (χ1v) is 6.68. The molecule has 1 aliphatic carbocycles. The molecule has 0 spiro atoms. The third-order valence-electron chi connectivity index (χ3n) is 3.85. The van der Waals surface area contributed by atoms with Crippen LogP contribution < -0.4 is 5.32 Å². The Hall–Kier alpha value is -1.65. The quantitative estimate of drug-likeness (QED) is 0.663. The summed E-state index contributed by atoms with van der Waals surface area (Å²) in [6, 6.07) is 2.79. The van der Waals surface area contributed by atoms with Gasteiger partial charge in [-0.15, -0.1) is 0 Å². The number of benzene rings is 1. The molecule has 4 nitrogen and oxygen atoms in total. The topological polar surface area (TPSA) is 55.2 Å². The third-order valence-corrected chi connectivity index (χ3v) is 3.85. The Bertz CT molecular complexity index is 483. The van der Waals surface area contributed by atoms with Crippen molar-refractivity contribution in [2.45, 2.75) is 45.6 Å². The highest BCUT2D eigenvalue weighted by atomic mass is 19.1. The molecule has 2 rings (SSSR count). The number of hydrogen-bond acceptors (Lipinski definition) is 3. The number of halogens is 1. The molecule has 0 aliphatic heterocycles. The predicted octanol–water partition coefficient (Wildman–Crippen LogP) is 4.03. The minimum Gasteiger partial charge on any atom is -0.377 e. The van der Waals surface area contributed by atoms with Crippen LogP contribution in [0.2, 0.25) is 0 Å². The van der Waals surface area contributed by atoms with E-state index in [1.54, 1.807) is 6.92 Å². The van der Waals surface area contributed by atoms with Gasteiger partial charge in [-0.1, -0.05) is 6.92 Å². The summed E-state index contributed by atoms with van der Waals surface area (Å²) in [7, 11) is 0. The summed E-state index contributed by atoms with van der Waals surface area (Å²) >= 11 is 0. The Balaban J connectivity index is 2.19. The Morgan fingerprint density at radius 2 is 1.95 bits per heavy atom. The second kappa shape index (κ2) is 5.55. The maximum atomic E-state index is 13.4. The van der Waals surface area contributed by atoms with Crippen molar-refractivity contribution in [2.75, 3.05) is 5.32 Å². The lowest BCUT2D eigenvalue weighted by Gasteiger charge is -2.27. The summed E-state index contributed by atoms with van der Waals surface area (Å²) in [5, 5.41) is 14.2. The second-order valence-electron chi connectivity index (χ2n) is 5.48. The van der Waals surface area contributed by atoms with Gasteiger partial charge in [-0.05, 0) is 50.2 Å². The van der Waals surface area contributed by atoms with Gasteiger partial charge in [0.2, 0.25) is 0 Å². The molecule has 0 saturated heterocycles. The number of nitro benzene ring substituents is 1. The SMILES string of the molecule is Cc1cc(NC2CCC(C)CC2)c([N+](=O)[O-])cc1F. The Morgan fingerprint density at radius 3 is 2.53 bits per heavy atom. The van der Waals surface area contributed by atoms with E-state index < -0.39 is 10.7 Å². The predicted molar refractivity (Wildman–Crippen MR) is 72.8 cm³/mol. The van der Waals surface area contributed by atoms with E-state index in [1.165, 1.54) is 6.07 Å². The highest BCUT2D eigenvalue weighted by Crippen LogP contribution is 2.31. The molecule has 19 heavy (non-hydrogen) atoms. The lowest BCUT2D eigenvalue weighted by atomic mass is 9.87. The van der Waals surface area contributed by atoms with E-state index in [9.17, 15) is 14.5 Å². The van der Waals surface area contributed by atoms with Crippen LogP contribution in [0.4, 0.5) is 15.8 Å². The van der Waals surface area contributed by atoms with Crippen LogP contribution in [-0.2, 0) is 0 Å². The molecule has 0 heterocycles. The van der Waals surface area contributed by atoms with Gasteiger partial charge in [-0.25, -0.2) is 4.39 Å². The standard InChI is InChI=1S/C14H19FN2O2/c1-9-3-5-11(6-4-9)16-13-7-10(2)12(15)8-14(13)17(18)19/h7-9,11,16H,3-6H2,1-2H3. The summed E-state index contributed by atoms with van der Waals surface area (Å²) in [5.74, 6) is 0.192. The summed E-state index contributed by atoms with van der Waals surface area (Å²) in [4.78, 5) is 10.4. The molecular formula is C14H19FN2O2. The van der Waals surface area contributed by atoms with Crippen LogP contribution in [0.3, 0.4) is 0 Å². The van der Waals surface area contributed by atoms with Crippen molar-refractivity contribution in [1.29, 1.82) is 0 Å². The minimum absolute atomic E-state index is 0.179. The molecule has 0 radical (unpaired) electrons. The van der Waals surface area contributed by atoms with Crippen molar-refractivity contribution < 1.29 is 9.31 Å². The molecule has 104 valence electrons. The van der Waals surface area contributed by atoms with Crippen LogP contribution >= 0.6 is 0 Å². The Labute approximate surface area is 112 Å². The van der Waals surface area contributed by atoms with Gasteiger partial charge in [0.1, 0.15) is 11.5 Å². The summed E-state index contributed by atoms with van der Waals surface area (Å²) in [6.45, 7) is 3.84. The van der Waals surface area contributed by atoms with Gasteiger partial charge in [0.15, 0.2) is 0 Å². The molecule has 0 unspecified atom stereocenters. The second-order valence-corrected chi connectivity index (χ2v) is 5.48. The van der Waals surface area contributed by atoms with Gasteiger partial charge < -0.3 is 5.32 Å². The van der Waals surface area contributed by atoms with Crippen molar-refractivity contribution in [2.24, 2.45) is 5.92 Å². The van der Waals surface area contributed by atoms with Crippen LogP contribution in [0, 0.1) is 28.8 Å². The number of rotatable bonds is 3. The monoisotopic (exact) mass is 266 g/mol. The molecule has 1 aliphatic rings. The van der Waals surface area contributed by atoms with Crippen molar-refractivity contribution in [3.8, 4) is 0 Å². The van der Waals surface area contributed by atoms with Crippen LogP contribution in [0.5, 0.6) is 0 Å². The first-order chi connectivity index (χ1) is 8.97. The van der Waals surface area contributed by atoms with Gasteiger partial charge >= 0.3 is 0 Å². The molecular weight excluding hydrogens is 247 g/mol. The van der Waals surface area contributed by atoms with E-state index in [4.69, 9.17) is 0 Å². The van der Waals surface area contributed by atoms with E-state index in [0.717, 1.165) is 37.7 Å². The molecule has 1 aromatic carbocycles. The van der Waals surface area contributed by atoms with Crippen molar-refractivity contribution in [1.82, 2.24) is 0 Å². The van der Waals surface area contributed by atoms with Crippen molar-refractivity contribution >= 4 is 11.4 Å². The van der Waals surface area contributed by atoms with Gasteiger partial charge in [0.25, 0.3) is 5.69 Å². The maximum Gasteiger partial charge on any atom is 0.295 e. The van der Waals surface area contributed by atoms with Crippen molar-refractivity contribution in [3.05, 3.63) is 33.6 Å². The zero-order chi connectivity index (χ0) is 14.0. The highest BCUT2D eigenvalue weighted by Gasteiger charge is 2.22. The highest BCUT2D eigenvalue weighted by molar-refractivity contribution is 5.63. The molecule has 1 fully saturated rings. The van der Waals surface area contributed by atoms with E-state index in [1.807, 2.05) is 0 Å². The first-order valence-electron chi connectivity index (χ1n) is 6.68. The molecule has 0 atom stereocenters. The number of nitro groups is 1. The first kappa shape index (κ1) is 13.8. The number of nitrogens with one attached hydrogen (secondary N) is 1. The molecule has 5 heteroatoms. The van der Waals surface area contributed by atoms with Crippen LogP contribution in [0.15, 0.2) is 12.1 Å². The molecule has 0 aromatic heterocycles. The Morgan fingerprint density at radius 1 is 1.32 bits per heavy atom. The number of aryl methyl sites for hydroxylation is 1. The average Bonchev–Trinajstić information content (AvgIpc) is 2.36. The van der Waals surface area contributed by atoms with Gasteiger partial charge in [-0.3, -0.25) is 10.1 Å². The zero-order valence-electron chi connectivity index (χ0n) is 11.3. The maximum absolute atomic E-state index is 13.4. The summed E-state index contributed by atoms with van der Waals surface area (Å²) in [6.07, 6.45) is 4.28. The summed E-state index contributed by atoms with van der Waals surface area (Å²) < 4.78 is 13.4. The molecule has 0 bridgehead atoms. The average molecular weight is 266 g/mol. The van der Waals surface area contributed by atoms with Crippen LogP contribution in [-0.4, -0.2) is 11.0 Å². The lowest BCUT2D eigenvalue weighted by molar-refractivity contribution is -0.384. The molecule has 1 saturated carbocycles. The summed E-state index contributed by atoms with van der Waals surface area (Å²) in [5.41, 5.74) is 0.683. The van der Waals surface area contributed by atoms with Gasteiger partial charge in [-0.2, -0.15) is 0 Å². The molecule has 1 N–H and O–H groups in total. The van der Waals surface area contributed by atoms with Gasteiger partial charge in [0, 0.05) is 6.04 Å². The van der Waals surface area contributed by atoms with Crippen LogP contribution in [0.1, 0.15) is 38.2 Å². The minimum atomic E-state index is -0.533. The van der Waals surface area contributed by atoms with E-state index >= 15 is 0 Å². The third kappa shape index (κ3) is 3.22. The number of hydrogen-bond donors (Lipinski definition) is 1. The molecule has 1 aromatic rings. The van der Waals surface area contributed by atoms with Crippen LogP contribution in [0.25, 0.3) is 0 Å². The fourth-order valence-electron chi connectivity index (χ4n) is 2.56. The van der Waals surface area contributed by atoms with Crippen molar-refractivity contribution in [3.63, 3.8) is 0 Å². The van der Waals surface area contributed by atoms with Gasteiger partial charge in [0.05, 0.1) is 11.0 Å². The number of anilines is 1. The van der Waals surface area contributed by atoms with E-state index in [2.05, 4.69) is 12.2 Å². The Kier molecular flexibility index (Phi) is 4.02. The number of nitrogens with zero attached hydrogens (tertiary/aromatic N) is 1. The fourth-order valence-corrected chi connectivity index (χ4v) is 2.56. The zero-order valence-corrected chi connectivity index (χ0v) is 11.3. The lowest BCUT2D eigenvalue weighted by Crippen LogP contribution is -2.25. The largest absolute Gasteiger partial charge is 0.377 e. The smallest absolute Gasteiger partial charge is 0.295 e. The normalized spacial score (nSPS) is 23.1. The molecule has 0 amide bonds.